The molecular formula is C24H34ClN7O3. The highest BCUT2D eigenvalue weighted by Gasteiger charge is 2.14. The van der Waals surface area contributed by atoms with Crippen molar-refractivity contribution >= 4 is 29.9 Å². The second-order valence-electron chi connectivity index (χ2n) is 8.49. The Kier molecular flexibility index (Phi) is 11.7. The number of amides is 2. The summed E-state index contributed by atoms with van der Waals surface area (Å²) in [6.45, 7) is 11.5. The zero-order chi connectivity index (χ0) is 24.3. The molecule has 1 aromatic carbocycles. The molecule has 1 aliphatic rings. The topological polar surface area (TPSA) is 124 Å². The Morgan fingerprint density at radius 2 is 1.97 bits per heavy atom. The van der Waals surface area contributed by atoms with Gasteiger partial charge in [0, 0.05) is 25.7 Å². The van der Waals surface area contributed by atoms with Crippen molar-refractivity contribution in [2.45, 2.75) is 39.3 Å². The van der Waals surface area contributed by atoms with Crippen molar-refractivity contribution < 1.29 is 14.3 Å². The van der Waals surface area contributed by atoms with Crippen molar-refractivity contribution in [3.63, 3.8) is 0 Å². The van der Waals surface area contributed by atoms with E-state index in [1.165, 1.54) is 12.4 Å². The molecule has 190 valence electrons. The van der Waals surface area contributed by atoms with Crippen molar-refractivity contribution in [1.82, 2.24) is 20.2 Å². The number of halogens is 1. The van der Waals surface area contributed by atoms with Crippen LogP contribution in [0.2, 0.25) is 0 Å². The van der Waals surface area contributed by atoms with Crippen LogP contribution >= 0.6 is 12.4 Å². The van der Waals surface area contributed by atoms with E-state index in [4.69, 9.17) is 14.7 Å². The Balaban J connectivity index is 0.00000432. The maximum absolute atomic E-state index is 12.4. The Hall–Kier alpha value is -2.97. The molecule has 1 fully saturated rings. The SMILES string of the molecule is CC(C)Oc1cc(CCN[C@H](C)CN2CCOCC2)ccc1NC(=O)Nc1cnc(C#N)cn1.Cl. The minimum Gasteiger partial charge on any atom is -0.489 e. The number of carbonyl (C=O) groups excluding carboxylic acids is 1. The number of nitriles is 1. The smallest absolute Gasteiger partial charge is 0.324 e. The van der Waals surface area contributed by atoms with Crippen LogP contribution in [0.25, 0.3) is 0 Å². The summed E-state index contributed by atoms with van der Waals surface area (Å²) in [6.07, 6.45) is 3.43. The van der Waals surface area contributed by atoms with Gasteiger partial charge >= 0.3 is 6.03 Å². The minimum atomic E-state index is -0.473. The molecule has 0 spiro atoms. The molecule has 1 atom stereocenters. The van der Waals surface area contributed by atoms with Gasteiger partial charge in [0.1, 0.15) is 11.8 Å². The van der Waals surface area contributed by atoms with Gasteiger partial charge in [0.05, 0.1) is 37.4 Å². The van der Waals surface area contributed by atoms with Crippen LogP contribution in [0, 0.1) is 11.3 Å². The number of hydrogen-bond acceptors (Lipinski definition) is 8. The van der Waals surface area contributed by atoms with Crippen LogP contribution < -0.4 is 20.7 Å². The van der Waals surface area contributed by atoms with Gasteiger partial charge < -0.3 is 20.1 Å². The fourth-order valence-corrected chi connectivity index (χ4v) is 3.60. The van der Waals surface area contributed by atoms with Gasteiger partial charge in [0.2, 0.25) is 0 Å². The van der Waals surface area contributed by atoms with Crippen LogP contribution in [0.4, 0.5) is 16.3 Å². The number of nitrogens with zero attached hydrogens (tertiary/aromatic N) is 4. The highest BCUT2D eigenvalue weighted by molar-refractivity contribution is 6.00. The number of carbonyl (C=O) groups is 1. The van der Waals surface area contributed by atoms with E-state index in [9.17, 15) is 4.79 Å². The van der Waals surface area contributed by atoms with Gasteiger partial charge in [0.15, 0.2) is 11.5 Å². The maximum atomic E-state index is 12.4. The van der Waals surface area contributed by atoms with Crippen LogP contribution in [-0.2, 0) is 11.2 Å². The average Bonchev–Trinajstić information content (AvgIpc) is 2.81. The molecule has 2 amide bonds. The molecule has 3 rings (SSSR count). The first-order valence-electron chi connectivity index (χ1n) is 11.6. The predicted molar refractivity (Wildman–Crippen MR) is 137 cm³/mol. The first kappa shape index (κ1) is 28.3. The minimum absolute atomic E-state index is 0. The van der Waals surface area contributed by atoms with E-state index in [2.05, 4.69) is 37.7 Å². The first-order chi connectivity index (χ1) is 16.4. The highest BCUT2D eigenvalue weighted by Crippen LogP contribution is 2.27. The summed E-state index contributed by atoms with van der Waals surface area (Å²) < 4.78 is 11.4. The van der Waals surface area contributed by atoms with Gasteiger partial charge in [-0.05, 0) is 51.4 Å². The molecule has 2 aromatic rings. The summed E-state index contributed by atoms with van der Waals surface area (Å²) in [5.74, 6) is 0.853. The van der Waals surface area contributed by atoms with Crippen molar-refractivity contribution in [3.8, 4) is 11.8 Å². The zero-order valence-corrected chi connectivity index (χ0v) is 21.2. The Morgan fingerprint density at radius 3 is 2.63 bits per heavy atom. The highest BCUT2D eigenvalue weighted by atomic mass is 35.5. The van der Waals surface area contributed by atoms with Crippen LogP contribution in [-0.4, -0.2) is 72.4 Å². The number of benzene rings is 1. The fourth-order valence-electron chi connectivity index (χ4n) is 3.60. The zero-order valence-electron chi connectivity index (χ0n) is 20.4. The third-order valence-electron chi connectivity index (χ3n) is 5.21. The van der Waals surface area contributed by atoms with Gasteiger partial charge in [0.25, 0.3) is 0 Å². The van der Waals surface area contributed by atoms with E-state index >= 15 is 0 Å². The molecule has 1 saturated heterocycles. The number of urea groups is 1. The molecule has 1 aliphatic heterocycles. The van der Waals surface area contributed by atoms with Crippen molar-refractivity contribution in [3.05, 3.63) is 41.9 Å². The lowest BCUT2D eigenvalue weighted by atomic mass is 10.1. The molecule has 0 saturated carbocycles. The first-order valence-corrected chi connectivity index (χ1v) is 11.6. The summed E-state index contributed by atoms with van der Waals surface area (Å²) in [5, 5.41) is 17.8. The largest absolute Gasteiger partial charge is 0.489 e. The summed E-state index contributed by atoms with van der Waals surface area (Å²) in [5.41, 5.74) is 1.86. The molecule has 2 heterocycles. The van der Waals surface area contributed by atoms with Crippen LogP contribution in [0.1, 0.15) is 32.0 Å². The number of hydrogen-bond donors (Lipinski definition) is 3. The number of morpholine rings is 1. The van der Waals surface area contributed by atoms with E-state index in [0.717, 1.165) is 51.4 Å². The molecule has 10 nitrogen and oxygen atoms in total. The number of anilines is 2. The van der Waals surface area contributed by atoms with Crippen LogP contribution in [0.3, 0.4) is 0 Å². The van der Waals surface area contributed by atoms with E-state index in [1.54, 1.807) is 0 Å². The molecule has 0 radical (unpaired) electrons. The van der Waals surface area contributed by atoms with Gasteiger partial charge in [-0.2, -0.15) is 5.26 Å². The van der Waals surface area contributed by atoms with Crippen LogP contribution in [0.15, 0.2) is 30.6 Å². The van der Waals surface area contributed by atoms with Gasteiger partial charge in [-0.25, -0.2) is 14.8 Å². The van der Waals surface area contributed by atoms with E-state index in [0.29, 0.717) is 17.5 Å². The number of ether oxygens (including phenoxy) is 2. The number of aromatic nitrogens is 2. The Bertz CT molecular complexity index is 976. The van der Waals surface area contributed by atoms with E-state index < -0.39 is 6.03 Å². The normalized spacial score (nSPS) is 14.5. The van der Waals surface area contributed by atoms with Gasteiger partial charge in [-0.15, -0.1) is 12.4 Å². The third-order valence-corrected chi connectivity index (χ3v) is 5.21. The van der Waals surface area contributed by atoms with Gasteiger partial charge in [-0.3, -0.25) is 10.2 Å². The molecule has 11 heteroatoms. The Morgan fingerprint density at radius 1 is 1.20 bits per heavy atom. The number of rotatable bonds is 10. The molecule has 0 bridgehead atoms. The summed E-state index contributed by atoms with van der Waals surface area (Å²) in [7, 11) is 0. The standard InChI is InChI=1S/C24H33N7O3.ClH/c1-17(2)34-22-12-19(6-7-26-18(3)16-31-8-10-33-11-9-31)4-5-21(22)29-24(32)30-23-15-27-20(13-25)14-28-23;/h4-5,12,14-15,17-18,26H,6-11,16H2,1-3H3,(H2,28,29,30,32);1H/t18-;/m1./s1. The second kappa shape index (κ2) is 14.4. The van der Waals surface area contributed by atoms with Crippen LogP contribution in [0.5, 0.6) is 5.75 Å². The maximum Gasteiger partial charge on any atom is 0.324 e. The lowest BCUT2D eigenvalue weighted by Crippen LogP contribution is -2.44. The van der Waals surface area contributed by atoms with Crippen molar-refractivity contribution in [1.29, 1.82) is 5.26 Å². The molecule has 3 N–H and O–H groups in total. The summed E-state index contributed by atoms with van der Waals surface area (Å²) in [6, 6.07) is 7.59. The van der Waals surface area contributed by atoms with Crippen molar-refractivity contribution in [2.24, 2.45) is 0 Å². The lowest BCUT2D eigenvalue weighted by molar-refractivity contribution is 0.0344. The lowest BCUT2D eigenvalue weighted by Gasteiger charge is -2.29. The van der Waals surface area contributed by atoms with E-state index in [1.807, 2.05) is 38.1 Å². The second-order valence-corrected chi connectivity index (χ2v) is 8.49. The Labute approximate surface area is 212 Å². The predicted octanol–water partition coefficient (Wildman–Crippen LogP) is 3.05. The summed E-state index contributed by atoms with van der Waals surface area (Å²) >= 11 is 0. The molecule has 1 aromatic heterocycles. The average molecular weight is 504 g/mol. The van der Waals surface area contributed by atoms with E-state index in [-0.39, 0.29) is 30.0 Å². The molecule has 0 aliphatic carbocycles. The molecular weight excluding hydrogens is 470 g/mol. The fraction of sp³-hybridized carbons (Fsp3) is 0.500. The third kappa shape index (κ3) is 9.66. The molecule has 35 heavy (non-hydrogen) atoms. The quantitative estimate of drug-likeness (QED) is 0.452. The monoisotopic (exact) mass is 503 g/mol. The summed E-state index contributed by atoms with van der Waals surface area (Å²) in [4.78, 5) is 22.7. The molecule has 0 unspecified atom stereocenters. The van der Waals surface area contributed by atoms with Crippen molar-refractivity contribution in [2.75, 3.05) is 50.0 Å². The van der Waals surface area contributed by atoms with Gasteiger partial charge in [-0.1, -0.05) is 6.07 Å². The number of nitrogens with one attached hydrogen (secondary N) is 3.